The van der Waals surface area contributed by atoms with Crippen LogP contribution in [0.4, 0.5) is 13.2 Å². The highest BCUT2D eigenvalue weighted by atomic mass is 19.4. The van der Waals surface area contributed by atoms with Crippen LogP contribution in [0.15, 0.2) is 30.3 Å². The molecule has 1 aromatic carbocycles. The topological polar surface area (TPSA) is 69.6 Å². The molecule has 0 radical (unpaired) electrons. The van der Waals surface area contributed by atoms with Crippen molar-refractivity contribution in [1.82, 2.24) is 10.2 Å². The first-order valence-electron chi connectivity index (χ1n) is 7.65. The highest BCUT2D eigenvalue weighted by Crippen LogP contribution is 2.21. The second-order valence-corrected chi connectivity index (χ2v) is 5.76. The number of carbonyl (C=O) groups is 2. The molecule has 1 heterocycles. The fourth-order valence-electron chi connectivity index (χ4n) is 2.58. The van der Waals surface area contributed by atoms with E-state index in [1.165, 1.54) is 4.90 Å². The maximum absolute atomic E-state index is 12.3. The van der Waals surface area contributed by atoms with Crippen molar-refractivity contribution >= 4 is 11.8 Å². The van der Waals surface area contributed by atoms with Crippen LogP contribution in [0, 0.1) is 0 Å². The van der Waals surface area contributed by atoms with Gasteiger partial charge in [0.1, 0.15) is 0 Å². The molecule has 2 atom stereocenters. The molecule has 1 fully saturated rings. The molecule has 132 valence electrons. The predicted octanol–water partition coefficient (Wildman–Crippen LogP) is 1.72. The molecule has 1 aromatic rings. The number of benzene rings is 1. The number of hydrogen-bond donors (Lipinski definition) is 2. The van der Waals surface area contributed by atoms with E-state index in [-0.39, 0.29) is 18.9 Å². The van der Waals surface area contributed by atoms with Gasteiger partial charge < -0.3 is 15.3 Å². The normalized spacial score (nSPS) is 21.4. The van der Waals surface area contributed by atoms with Crippen molar-refractivity contribution in [3.05, 3.63) is 35.9 Å². The number of hydrogen-bond acceptors (Lipinski definition) is 3. The molecule has 0 unspecified atom stereocenters. The fraction of sp³-hybridized carbons (Fsp3) is 0.500. The Bertz CT molecular complexity index is 578. The van der Waals surface area contributed by atoms with Crippen LogP contribution in [0.25, 0.3) is 0 Å². The van der Waals surface area contributed by atoms with Gasteiger partial charge in [-0.05, 0) is 18.6 Å². The third-order valence-electron chi connectivity index (χ3n) is 3.87. The maximum atomic E-state index is 12.3. The zero-order valence-electron chi connectivity index (χ0n) is 12.9. The first kappa shape index (κ1) is 18.3. The van der Waals surface area contributed by atoms with Crippen LogP contribution in [0.5, 0.6) is 0 Å². The highest BCUT2D eigenvalue weighted by molar-refractivity contribution is 5.94. The van der Waals surface area contributed by atoms with Gasteiger partial charge >= 0.3 is 6.18 Å². The molecule has 2 amide bonds. The van der Waals surface area contributed by atoms with E-state index in [0.29, 0.717) is 12.1 Å². The summed E-state index contributed by atoms with van der Waals surface area (Å²) in [5.74, 6) is -0.976. The van der Waals surface area contributed by atoms with E-state index in [1.807, 2.05) is 0 Å². The summed E-state index contributed by atoms with van der Waals surface area (Å²) >= 11 is 0. The van der Waals surface area contributed by atoms with Crippen LogP contribution in [0.2, 0.25) is 0 Å². The van der Waals surface area contributed by atoms with Crippen molar-refractivity contribution in [2.24, 2.45) is 0 Å². The van der Waals surface area contributed by atoms with Gasteiger partial charge in [0, 0.05) is 25.1 Å². The largest absolute Gasteiger partial charge is 0.389 e. The summed E-state index contributed by atoms with van der Waals surface area (Å²) in [4.78, 5) is 25.3. The van der Waals surface area contributed by atoms with Crippen molar-refractivity contribution in [3.63, 3.8) is 0 Å². The molecular formula is C16H19F3N2O3. The minimum absolute atomic E-state index is 0.0257. The van der Waals surface area contributed by atoms with Gasteiger partial charge in [-0.15, -0.1) is 0 Å². The van der Waals surface area contributed by atoms with Gasteiger partial charge in [-0.3, -0.25) is 9.59 Å². The average molecular weight is 344 g/mol. The number of halogens is 3. The van der Waals surface area contributed by atoms with Gasteiger partial charge in [-0.2, -0.15) is 13.2 Å². The van der Waals surface area contributed by atoms with E-state index in [4.69, 9.17) is 0 Å². The molecule has 0 aromatic heterocycles. The predicted molar refractivity (Wildman–Crippen MR) is 80.2 cm³/mol. The van der Waals surface area contributed by atoms with Crippen molar-refractivity contribution in [2.75, 3.05) is 13.1 Å². The van der Waals surface area contributed by atoms with Crippen LogP contribution in [0.1, 0.15) is 29.6 Å². The summed E-state index contributed by atoms with van der Waals surface area (Å²) in [5, 5.41) is 12.5. The molecule has 1 aliphatic heterocycles. The first-order valence-corrected chi connectivity index (χ1v) is 7.65. The van der Waals surface area contributed by atoms with Gasteiger partial charge in [0.2, 0.25) is 5.91 Å². The standard InChI is InChI=1S/C16H19F3N2O3/c17-16(18,19)8-6-14(23)20-12-7-9-21(10-13(12)22)15(24)11-4-2-1-3-5-11/h1-5,12-13,22H,6-10H2,(H,20,23)/t12-,13-/m1/s1. The monoisotopic (exact) mass is 344 g/mol. The van der Waals surface area contributed by atoms with Gasteiger partial charge in [0.25, 0.3) is 5.91 Å². The smallest absolute Gasteiger partial charge is 0.389 e. The highest BCUT2D eigenvalue weighted by Gasteiger charge is 2.33. The summed E-state index contributed by atoms with van der Waals surface area (Å²) in [6, 6.07) is 7.94. The number of aliphatic hydroxyl groups is 1. The maximum Gasteiger partial charge on any atom is 0.389 e. The Morgan fingerprint density at radius 1 is 1.25 bits per heavy atom. The number of aliphatic hydroxyl groups excluding tert-OH is 1. The lowest BCUT2D eigenvalue weighted by atomic mass is 10.0. The number of likely N-dealkylation sites (tertiary alicyclic amines) is 1. The zero-order chi connectivity index (χ0) is 17.7. The quantitative estimate of drug-likeness (QED) is 0.874. The second kappa shape index (κ2) is 7.65. The van der Waals surface area contributed by atoms with Gasteiger partial charge in [-0.25, -0.2) is 0 Å². The Morgan fingerprint density at radius 3 is 2.50 bits per heavy atom. The van der Waals surface area contributed by atoms with E-state index in [2.05, 4.69) is 5.32 Å². The molecule has 5 nitrogen and oxygen atoms in total. The Balaban J connectivity index is 1.84. The minimum atomic E-state index is -4.39. The number of β-amino-alcohol motifs (C(OH)–C–C–N with tert-alkyl or cyclic N) is 1. The molecule has 2 rings (SSSR count). The Labute approximate surface area is 137 Å². The van der Waals surface area contributed by atoms with E-state index in [1.54, 1.807) is 30.3 Å². The SMILES string of the molecule is O=C(CCC(F)(F)F)N[C@@H]1CCN(C(=O)c2ccccc2)C[C@H]1O. The summed E-state index contributed by atoms with van der Waals surface area (Å²) in [7, 11) is 0. The minimum Gasteiger partial charge on any atom is -0.389 e. The number of rotatable bonds is 4. The van der Waals surface area contributed by atoms with E-state index >= 15 is 0 Å². The average Bonchev–Trinajstić information content (AvgIpc) is 2.54. The molecule has 24 heavy (non-hydrogen) atoms. The molecule has 0 aliphatic carbocycles. The summed E-state index contributed by atoms with van der Waals surface area (Å²) < 4.78 is 36.3. The zero-order valence-corrected chi connectivity index (χ0v) is 12.9. The Kier molecular flexibility index (Phi) is 5.82. The van der Waals surface area contributed by atoms with Gasteiger partial charge in [0.05, 0.1) is 18.6 Å². The van der Waals surface area contributed by atoms with Crippen molar-refractivity contribution in [1.29, 1.82) is 0 Å². The Morgan fingerprint density at radius 2 is 1.92 bits per heavy atom. The van der Waals surface area contributed by atoms with E-state index < -0.39 is 37.1 Å². The van der Waals surface area contributed by atoms with Crippen LogP contribution < -0.4 is 5.32 Å². The number of alkyl halides is 3. The number of carbonyl (C=O) groups excluding carboxylic acids is 2. The van der Waals surface area contributed by atoms with Crippen LogP contribution in [-0.2, 0) is 4.79 Å². The number of piperidine rings is 1. The van der Waals surface area contributed by atoms with Crippen LogP contribution in [-0.4, -0.2) is 53.2 Å². The lowest BCUT2D eigenvalue weighted by Crippen LogP contribution is -2.55. The lowest BCUT2D eigenvalue weighted by Gasteiger charge is -2.36. The van der Waals surface area contributed by atoms with E-state index in [9.17, 15) is 27.9 Å². The van der Waals surface area contributed by atoms with Crippen molar-refractivity contribution in [2.45, 2.75) is 37.6 Å². The fourth-order valence-corrected chi connectivity index (χ4v) is 2.58. The number of nitrogens with one attached hydrogen (secondary N) is 1. The summed E-state index contributed by atoms with van der Waals surface area (Å²) in [6.07, 6.45) is -6.97. The summed E-state index contributed by atoms with van der Waals surface area (Å²) in [6.45, 7) is 0.340. The molecule has 8 heteroatoms. The van der Waals surface area contributed by atoms with Crippen LogP contribution in [0.3, 0.4) is 0 Å². The van der Waals surface area contributed by atoms with Crippen molar-refractivity contribution < 1.29 is 27.9 Å². The second-order valence-electron chi connectivity index (χ2n) is 5.76. The lowest BCUT2D eigenvalue weighted by molar-refractivity contribution is -0.144. The molecule has 1 saturated heterocycles. The molecule has 0 saturated carbocycles. The molecule has 0 bridgehead atoms. The number of amides is 2. The Hall–Kier alpha value is -2.09. The van der Waals surface area contributed by atoms with Crippen LogP contribution >= 0.6 is 0 Å². The summed E-state index contributed by atoms with van der Waals surface area (Å²) in [5.41, 5.74) is 0.498. The molecular weight excluding hydrogens is 325 g/mol. The number of nitrogens with zero attached hydrogens (tertiary/aromatic N) is 1. The van der Waals surface area contributed by atoms with Gasteiger partial charge in [0.15, 0.2) is 0 Å². The van der Waals surface area contributed by atoms with Gasteiger partial charge in [-0.1, -0.05) is 18.2 Å². The molecule has 0 spiro atoms. The van der Waals surface area contributed by atoms with Crippen molar-refractivity contribution in [3.8, 4) is 0 Å². The first-order chi connectivity index (χ1) is 11.3. The molecule has 2 N–H and O–H groups in total. The third-order valence-corrected chi connectivity index (χ3v) is 3.87. The third kappa shape index (κ3) is 5.23. The molecule has 1 aliphatic rings. The van der Waals surface area contributed by atoms with E-state index in [0.717, 1.165) is 0 Å².